The molecular weight excluding hydrogens is 408 g/mol. The van der Waals surface area contributed by atoms with Gasteiger partial charge in [0.05, 0.1) is 0 Å². The van der Waals surface area contributed by atoms with Crippen molar-refractivity contribution in [3.63, 3.8) is 0 Å². The Morgan fingerprint density at radius 1 is 0.656 bits per heavy atom. The third kappa shape index (κ3) is 26.4. The van der Waals surface area contributed by atoms with Gasteiger partial charge in [0.1, 0.15) is 6.04 Å². The van der Waals surface area contributed by atoms with E-state index in [1.807, 2.05) is 0 Å². The first kappa shape index (κ1) is 32.5. The van der Waals surface area contributed by atoms with Gasteiger partial charge in [0.15, 0.2) is 0 Å². The third-order valence-electron chi connectivity index (χ3n) is 5.20. The maximum atomic E-state index is 11.7. The molecule has 32 heavy (non-hydrogen) atoms. The van der Waals surface area contributed by atoms with Gasteiger partial charge < -0.3 is 20.8 Å². The Morgan fingerprint density at radius 3 is 1.56 bits per heavy atom. The fraction of sp³-hybridized carbons (Fsp3) is 0.880. The normalized spacial score (nSPS) is 11.3. The van der Waals surface area contributed by atoms with Gasteiger partial charge in [-0.2, -0.15) is 0 Å². The highest BCUT2D eigenvalue weighted by molar-refractivity contribution is 5.83. The topological polar surface area (TPSA) is 116 Å². The van der Waals surface area contributed by atoms with Crippen molar-refractivity contribution in [2.24, 2.45) is 0 Å². The second-order valence-electron chi connectivity index (χ2n) is 8.43. The average Bonchev–Trinajstić information content (AvgIpc) is 2.75. The third-order valence-corrected chi connectivity index (χ3v) is 5.20. The van der Waals surface area contributed by atoms with Crippen molar-refractivity contribution in [1.82, 2.24) is 10.6 Å². The van der Waals surface area contributed by atoms with Crippen LogP contribution >= 0.6 is 0 Å². The number of carboxylic acids is 2. The average molecular weight is 459 g/mol. The van der Waals surface area contributed by atoms with Crippen molar-refractivity contribution in [3.05, 3.63) is 0 Å². The van der Waals surface area contributed by atoms with Crippen molar-refractivity contribution in [2.75, 3.05) is 13.1 Å². The molecule has 190 valence electrons. The first-order valence-corrected chi connectivity index (χ1v) is 12.8. The van der Waals surface area contributed by atoms with Gasteiger partial charge in [-0.25, -0.2) is 4.79 Å². The second kappa shape index (κ2) is 25.6. The van der Waals surface area contributed by atoms with Crippen molar-refractivity contribution in [1.29, 1.82) is 0 Å². The summed E-state index contributed by atoms with van der Waals surface area (Å²) in [5.41, 5.74) is 0. The summed E-state index contributed by atoms with van der Waals surface area (Å²) in [6, 6.07) is -1.11. The maximum Gasteiger partial charge on any atom is 0.326 e. The van der Waals surface area contributed by atoms with Crippen LogP contribution in [0.15, 0.2) is 0 Å². The van der Waals surface area contributed by atoms with Crippen LogP contribution in [-0.4, -0.2) is 47.2 Å². The van der Waals surface area contributed by atoms with Crippen LogP contribution in [0.1, 0.15) is 124 Å². The van der Waals surface area contributed by atoms with E-state index in [-0.39, 0.29) is 18.7 Å². The van der Waals surface area contributed by atoms with Crippen LogP contribution in [-0.2, 0) is 14.4 Å². The predicted octanol–water partition coefficient (Wildman–Crippen LogP) is 5.52. The molecule has 0 saturated carbocycles. The number of nitrogens with one attached hydrogen (secondary N) is 2. The Hall–Kier alpha value is -1.63. The number of carbonyl (C=O) groups is 3. The van der Waals surface area contributed by atoms with Crippen molar-refractivity contribution in [3.8, 4) is 0 Å². The van der Waals surface area contributed by atoms with Crippen LogP contribution in [0.5, 0.6) is 0 Å². The lowest BCUT2D eigenvalue weighted by Crippen LogP contribution is -2.41. The maximum absolute atomic E-state index is 11.7. The van der Waals surface area contributed by atoms with E-state index in [0.29, 0.717) is 6.42 Å². The minimum absolute atomic E-state index is 0.0891. The molecule has 0 aliphatic rings. The minimum Gasteiger partial charge on any atom is -0.481 e. The highest BCUT2D eigenvalue weighted by Crippen LogP contribution is 2.10. The van der Waals surface area contributed by atoms with E-state index in [9.17, 15) is 14.4 Å². The highest BCUT2D eigenvalue weighted by Gasteiger charge is 2.20. The molecular formula is C25H50N2O5. The van der Waals surface area contributed by atoms with E-state index < -0.39 is 18.0 Å². The second-order valence-corrected chi connectivity index (χ2v) is 8.43. The molecule has 0 aromatic carbocycles. The van der Waals surface area contributed by atoms with Gasteiger partial charge in [0, 0.05) is 12.8 Å². The summed E-state index contributed by atoms with van der Waals surface area (Å²) in [4.78, 5) is 33.1. The van der Waals surface area contributed by atoms with Gasteiger partial charge in [-0.3, -0.25) is 9.59 Å². The van der Waals surface area contributed by atoms with E-state index in [4.69, 9.17) is 10.2 Å². The van der Waals surface area contributed by atoms with Gasteiger partial charge in [0.2, 0.25) is 5.91 Å². The number of carbonyl (C=O) groups excluding carboxylic acids is 1. The molecule has 7 nitrogen and oxygen atoms in total. The quantitative estimate of drug-likeness (QED) is 0.168. The Kier molecular flexibility index (Phi) is 26.1. The Labute approximate surface area is 196 Å². The number of hydrogen-bond donors (Lipinski definition) is 4. The van der Waals surface area contributed by atoms with Crippen LogP contribution in [0.2, 0.25) is 0 Å². The highest BCUT2D eigenvalue weighted by atomic mass is 16.4. The van der Waals surface area contributed by atoms with Crippen molar-refractivity contribution < 1.29 is 24.6 Å². The summed E-state index contributed by atoms with van der Waals surface area (Å²) >= 11 is 0. The van der Waals surface area contributed by atoms with Crippen LogP contribution in [0.3, 0.4) is 0 Å². The molecule has 7 heteroatoms. The molecule has 0 aromatic rings. The van der Waals surface area contributed by atoms with E-state index in [0.717, 1.165) is 19.3 Å². The Balaban J connectivity index is 0. The smallest absolute Gasteiger partial charge is 0.326 e. The van der Waals surface area contributed by atoms with Crippen molar-refractivity contribution in [2.45, 2.75) is 130 Å². The summed E-state index contributed by atoms with van der Waals surface area (Å²) in [5.74, 6) is -2.57. The predicted molar refractivity (Wildman–Crippen MR) is 131 cm³/mol. The molecule has 0 radical (unpaired) electrons. The molecule has 1 unspecified atom stereocenters. The van der Waals surface area contributed by atoms with E-state index in [1.54, 1.807) is 0 Å². The SMILES string of the molecule is CCCCCCCCCCCC(=O)NC(CCC(=O)O)C(=O)O.CCCCNCCCC. The first-order chi connectivity index (χ1) is 15.4. The molecule has 0 bridgehead atoms. The molecule has 4 N–H and O–H groups in total. The molecule has 0 fully saturated rings. The van der Waals surface area contributed by atoms with E-state index >= 15 is 0 Å². The van der Waals surface area contributed by atoms with Gasteiger partial charge in [-0.05, 0) is 38.8 Å². The molecule has 0 aliphatic carbocycles. The molecule has 0 aliphatic heterocycles. The summed E-state index contributed by atoms with van der Waals surface area (Å²) in [7, 11) is 0. The van der Waals surface area contributed by atoms with E-state index in [2.05, 4.69) is 31.4 Å². The molecule has 0 rings (SSSR count). The number of rotatable bonds is 21. The summed E-state index contributed by atoms with van der Waals surface area (Å²) in [6.07, 6.45) is 15.5. The number of carboxylic acid groups (broad SMARTS) is 2. The number of hydrogen-bond acceptors (Lipinski definition) is 4. The molecule has 0 heterocycles. The first-order valence-electron chi connectivity index (χ1n) is 12.8. The van der Waals surface area contributed by atoms with Crippen LogP contribution in [0.25, 0.3) is 0 Å². The fourth-order valence-corrected chi connectivity index (χ4v) is 3.12. The largest absolute Gasteiger partial charge is 0.481 e. The monoisotopic (exact) mass is 458 g/mol. The molecule has 0 saturated heterocycles. The van der Waals surface area contributed by atoms with Crippen LogP contribution in [0.4, 0.5) is 0 Å². The molecule has 0 spiro atoms. The van der Waals surface area contributed by atoms with Crippen LogP contribution in [0, 0.1) is 0 Å². The lowest BCUT2D eigenvalue weighted by Gasteiger charge is -2.13. The summed E-state index contributed by atoms with van der Waals surface area (Å²) in [6.45, 7) is 9.05. The zero-order valence-corrected chi connectivity index (χ0v) is 20.9. The summed E-state index contributed by atoms with van der Waals surface area (Å²) in [5, 5.41) is 23.3. The molecule has 0 aromatic heterocycles. The standard InChI is InChI=1S/C17H31NO5.C8H19N/c1-2-3-4-5-6-7-8-9-10-11-15(19)18-14(17(22)23)12-13-16(20)21;1-3-5-7-9-8-6-4-2/h14H,2-13H2,1H3,(H,18,19)(H,20,21)(H,22,23);9H,3-8H2,1-2H3. The zero-order valence-electron chi connectivity index (χ0n) is 20.9. The van der Waals surface area contributed by atoms with Gasteiger partial charge in [-0.1, -0.05) is 85.0 Å². The van der Waals surface area contributed by atoms with E-state index in [1.165, 1.54) is 77.3 Å². The lowest BCUT2D eigenvalue weighted by atomic mass is 10.1. The van der Waals surface area contributed by atoms with Gasteiger partial charge in [-0.15, -0.1) is 0 Å². The van der Waals surface area contributed by atoms with Crippen LogP contribution < -0.4 is 10.6 Å². The Morgan fingerprint density at radius 2 is 1.12 bits per heavy atom. The van der Waals surface area contributed by atoms with Gasteiger partial charge in [0.25, 0.3) is 0 Å². The lowest BCUT2D eigenvalue weighted by molar-refractivity contribution is -0.143. The number of aliphatic carboxylic acids is 2. The zero-order chi connectivity index (χ0) is 24.5. The fourth-order valence-electron chi connectivity index (χ4n) is 3.12. The summed E-state index contributed by atoms with van der Waals surface area (Å²) < 4.78 is 0. The van der Waals surface area contributed by atoms with Gasteiger partial charge >= 0.3 is 11.9 Å². The molecule has 1 amide bonds. The Bertz CT molecular complexity index is 452. The van der Waals surface area contributed by atoms with Crippen molar-refractivity contribution >= 4 is 17.8 Å². The number of amides is 1. The minimum atomic E-state index is -1.19. The molecule has 1 atom stereocenters. The number of unbranched alkanes of at least 4 members (excludes halogenated alkanes) is 10.